The Hall–Kier alpha value is -3.02. The highest BCUT2D eigenvalue weighted by atomic mass is 16.2. The number of para-hydroxylation sites is 2. The van der Waals surface area contributed by atoms with E-state index < -0.39 is 0 Å². The van der Waals surface area contributed by atoms with Gasteiger partial charge in [-0.25, -0.2) is 9.97 Å². The van der Waals surface area contributed by atoms with Crippen molar-refractivity contribution in [3.05, 3.63) is 54.6 Å². The van der Waals surface area contributed by atoms with Gasteiger partial charge in [-0.3, -0.25) is 9.59 Å². The zero-order valence-electron chi connectivity index (χ0n) is 14.3. The highest BCUT2D eigenvalue weighted by Crippen LogP contribution is 2.33. The van der Waals surface area contributed by atoms with Crippen LogP contribution >= 0.6 is 0 Å². The monoisotopic (exact) mass is 336 g/mol. The van der Waals surface area contributed by atoms with Crippen LogP contribution in [-0.4, -0.2) is 34.9 Å². The molecule has 0 bridgehead atoms. The highest BCUT2D eigenvalue weighted by Gasteiger charge is 2.28. The van der Waals surface area contributed by atoms with Crippen LogP contribution in [-0.2, 0) is 9.59 Å². The second kappa shape index (κ2) is 7.25. The van der Waals surface area contributed by atoms with Crippen LogP contribution in [0.4, 0.5) is 11.4 Å². The smallest absolute Gasteiger partial charge is 0.251 e. The first-order valence-corrected chi connectivity index (χ1v) is 8.19. The lowest BCUT2D eigenvalue weighted by atomic mass is 10.1. The summed E-state index contributed by atoms with van der Waals surface area (Å²) < 4.78 is 0. The number of hydrogen-bond acceptors (Lipinski definition) is 4. The Morgan fingerprint density at radius 2 is 1.80 bits per heavy atom. The molecule has 0 saturated heterocycles. The van der Waals surface area contributed by atoms with Gasteiger partial charge in [0.25, 0.3) is 5.91 Å². The summed E-state index contributed by atoms with van der Waals surface area (Å²) in [4.78, 5) is 36.3. The molecule has 6 heteroatoms. The molecule has 6 nitrogen and oxygen atoms in total. The van der Waals surface area contributed by atoms with Crippen LogP contribution in [0.2, 0.25) is 0 Å². The fourth-order valence-electron chi connectivity index (χ4n) is 2.95. The normalized spacial score (nSPS) is 17.3. The predicted molar refractivity (Wildman–Crippen MR) is 97.1 cm³/mol. The third-order valence-corrected chi connectivity index (χ3v) is 4.10. The van der Waals surface area contributed by atoms with Crippen LogP contribution in [0, 0.1) is 5.92 Å². The van der Waals surface area contributed by atoms with Crippen molar-refractivity contribution in [2.24, 2.45) is 5.92 Å². The molecule has 1 unspecified atom stereocenters. The molecule has 1 aliphatic rings. The molecule has 25 heavy (non-hydrogen) atoms. The minimum atomic E-state index is -0.136. The highest BCUT2D eigenvalue weighted by molar-refractivity contribution is 6.07. The summed E-state index contributed by atoms with van der Waals surface area (Å²) in [5.74, 6) is 0.00106. The Bertz CT molecular complexity index is 804. The van der Waals surface area contributed by atoms with E-state index in [1.807, 2.05) is 31.2 Å². The topological polar surface area (TPSA) is 66.4 Å². The first-order chi connectivity index (χ1) is 12.1. The van der Waals surface area contributed by atoms with Gasteiger partial charge in [0.2, 0.25) is 5.91 Å². The van der Waals surface area contributed by atoms with Crippen molar-refractivity contribution >= 4 is 29.3 Å². The van der Waals surface area contributed by atoms with Gasteiger partial charge in [-0.05, 0) is 30.2 Å². The number of carbonyl (C=O) groups is 2. The van der Waals surface area contributed by atoms with Gasteiger partial charge in [-0.2, -0.15) is 0 Å². The van der Waals surface area contributed by atoms with E-state index in [9.17, 15) is 9.59 Å². The molecule has 1 atom stereocenters. The molecule has 1 aliphatic heterocycles. The number of amides is 2. The second-order valence-electron chi connectivity index (χ2n) is 6.14. The maximum Gasteiger partial charge on any atom is 0.251 e. The maximum absolute atomic E-state index is 12.8. The Labute approximate surface area is 146 Å². The number of anilines is 2. The molecule has 3 rings (SSSR count). The predicted octanol–water partition coefficient (Wildman–Crippen LogP) is 2.53. The molecule has 2 aromatic rings. The van der Waals surface area contributed by atoms with E-state index in [0.29, 0.717) is 18.8 Å². The number of nitrogens with zero attached hydrogens (tertiary/aromatic N) is 4. The number of aromatic nitrogens is 2. The fourth-order valence-corrected chi connectivity index (χ4v) is 2.95. The molecule has 0 aliphatic carbocycles. The molecule has 2 amide bonds. The van der Waals surface area contributed by atoms with E-state index in [1.54, 1.807) is 35.1 Å². The summed E-state index contributed by atoms with van der Waals surface area (Å²) in [5.41, 5.74) is 2.19. The average Bonchev–Trinajstić information content (AvgIpc) is 2.78. The summed E-state index contributed by atoms with van der Waals surface area (Å²) in [7, 11) is 0. The average molecular weight is 336 g/mol. The lowest BCUT2D eigenvalue weighted by Gasteiger charge is -2.24. The van der Waals surface area contributed by atoms with Gasteiger partial charge in [0.1, 0.15) is 6.33 Å². The Morgan fingerprint density at radius 3 is 2.44 bits per heavy atom. The van der Waals surface area contributed by atoms with E-state index >= 15 is 0 Å². The molecule has 0 fully saturated rings. The van der Waals surface area contributed by atoms with Gasteiger partial charge in [-0.1, -0.05) is 19.1 Å². The number of carbonyl (C=O) groups excluding carboxylic acids is 2. The van der Waals surface area contributed by atoms with Crippen LogP contribution < -0.4 is 9.80 Å². The van der Waals surface area contributed by atoms with Gasteiger partial charge < -0.3 is 9.80 Å². The Kier molecular flexibility index (Phi) is 4.88. The van der Waals surface area contributed by atoms with Crippen LogP contribution in [0.15, 0.2) is 48.9 Å². The molecule has 0 radical (unpaired) electrons. The lowest BCUT2D eigenvalue weighted by molar-refractivity contribution is -0.116. The number of benzene rings is 1. The number of hydrogen-bond donors (Lipinski definition) is 0. The molecule has 0 saturated carbocycles. The zero-order chi connectivity index (χ0) is 17.8. The maximum atomic E-state index is 12.8. The summed E-state index contributed by atoms with van der Waals surface area (Å²) in [6, 6.07) is 9.24. The summed E-state index contributed by atoms with van der Waals surface area (Å²) in [6.07, 6.45) is 6.25. The first-order valence-electron chi connectivity index (χ1n) is 8.19. The van der Waals surface area contributed by atoms with E-state index in [0.717, 1.165) is 11.4 Å². The molecule has 1 aromatic heterocycles. The Balaban J connectivity index is 1.94. The largest absolute Gasteiger partial charge is 0.310 e. The van der Waals surface area contributed by atoms with Crippen LogP contribution in [0.5, 0.6) is 0 Å². The van der Waals surface area contributed by atoms with E-state index in [2.05, 4.69) is 9.97 Å². The number of rotatable bonds is 2. The Morgan fingerprint density at radius 1 is 1.12 bits per heavy atom. The van der Waals surface area contributed by atoms with Crippen molar-refractivity contribution in [1.82, 2.24) is 9.97 Å². The summed E-state index contributed by atoms with van der Waals surface area (Å²) in [6.45, 7) is 4.73. The second-order valence-corrected chi connectivity index (χ2v) is 6.14. The zero-order valence-corrected chi connectivity index (χ0v) is 14.3. The fraction of sp³-hybridized carbons (Fsp3) is 0.263. The van der Waals surface area contributed by atoms with Gasteiger partial charge in [0, 0.05) is 32.3 Å². The minimum absolute atomic E-state index is 0.0230. The molecular weight excluding hydrogens is 316 g/mol. The van der Waals surface area contributed by atoms with E-state index in [-0.39, 0.29) is 17.7 Å². The first kappa shape index (κ1) is 16.8. The van der Waals surface area contributed by atoms with E-state index in [1.165, 1.54) is 12.4 Å². The van der Waals surface area contributed by atoms with Crippen molar-refractivity contribution in [3.8, 4) is 0 Å². The van der Waals surface area contributed by atoms with Crippen molar-refractivity contribution in [1.29, 1.82) is 0 Å². The van der Waals surface area contributed by atoms with Gasteiger partial charge in [0.15, 0.2) is 0 Å². The molecule has 128 valence electrons. The summed E-state index contributed by atoms with van der Waals surface area (Å²) in [5, 5.41) is 0. The van der Waals surface area contributed by atoms with Crippen molar-refractivity contribution < 1.29 is 9.59 Å². The quantitative estimate of drug-likeness (QED) is 0.791. The summed E-state index contributed by atoms with van der Waals surface area (Å²) >= 11 is 0. The van der Waals surface area contributed by atoms with Gasteiger partial charge in [-0.15, -0.1) is 0 Å². The minimum Gasteiger partial charge on any atom is -0.310 e. The molecule has 1 aromatic carbocycles. The SMILES string of the molecule is CC(=O)N1CC(C)CN(C(=O)/C=C/c2ccncn2)c2ccccc21. The van der Waals surface area contributed by atoms with Crippen LogP contribution in [0.25, 0.3) is 6.08 Å². The van der Waals surface area contributed by atoms with Gasteiger partial charge in [0.05, 0.1) is 17.1 Å². The van der Waals surface area contributed by atoms with Crippen molar-refractivity contribution in [3.63, 3.8) is 0 Å². The number of fused-ring (bicyclic) bond motifs is 1. The molecule has 0 N–H and O–H groups in total. The third-order valence-electron chi connectivity index (χ3n) is 4.10. The van der Waals surface area contributed by atoms with Crippen molar-refractivity contribution in [2.75, 3.05) is 22.9 Å². The lowest BCUT2D eigenvalue weighted by Crippen LogP contribution is -2.35. The van der Waals surface area contributed by atoms with Crippen LogP contribution in [0.1, 0.15) is 19.5 Å². The van der Waals surface area contributed by atoms with Crippen LogP contribution in [0.3, 0.4) is 0 Å². The van der Waals surface area contributed by atoms with E-state index in [4.69, 9.17) is 0 Å². The third kappa shape index (κ3) is 3.74. The molecule has 2 heterocycles. The van der Waals surface area contributed by atoms with Gasteiger partial charge >= 0.3 is 0 Å². The standard InChI is InChI=1S/C19H20N4O2/c1-14-11-22(15(2)24)17-5-3-4-6-18(17)23(12-14)19(25)8-7-16-9-10-20-13-21-16/h3-10,13-14H,11-12H2,1-2H3/b8-7+. The van der Waals surface area contributed by atoms with Crippen molar-refractivity contribution in [2.45, 2.75) is 13.8 Å². The molecular formula is C19H20N4O2. The molecule has 0 spiro atoms.